The molecule has 1 aromatic rings. The lowest BCUT2D eigenvalue weighted by Gasteiger charge is -2.17. The first-order valence-corrected chi connectivity index (χ1v) is 5.83. The third-order valence-corrected chi connectivity index (χ3v) is 3.30. The standard InChI is InChI=1S/C13H17F2NO/c1-17-7-6-16-9-13(4-5-13)11-3-2-10(14)8-12(11)15/h2-3,8,16H,4-7,9H2,1H3. The van der Waals surface area contributed by atoms with Crippen LogP contribution in [0.3, 0.4) is 0 Å². The Labute approximate surface area is 100.0 Å². The zero-order valence-corrected chi connectivity index (χ0v) is 9.93. The average molecular weight is 241 g/mol. The van der Waals surface area contributed by atoms with Gasteiger partial charge in [0.25, 0.3) is 0 Å². The van der Waals surface area contributed by atoms with E-state index in [1.807, 2.05) is 0 Å². The summed E-state index contributed by atoms with van der Waals surface area (Å²) in [6, 6.07) is 3.86. The van der Waals surface area contributed by atoms with E-state index < -0.39 is 11.6 Å². The van der Waals surface area contributed by atoms with E-state index in [1.165, 1.54) is 6.07 Å². The molecule has 1 saturated carbocycles. The Bertz CT molecular complexity index is 391. The van der Waals surface area contributed by atoms with Crippen molar-refractivity contribution in [3.63, 3.8) is 0 Å². The second-order valence-corrected chi connectivity index (χ2v) is 4.57. The molecule has 2 nitrogen and oxygen atoms in total. The minimum absolute atomic E-state index is 0.133. The minimum atomic E-state index is -0.519. The number of rotatable bonds is 6. The van der Waals surface area contributed by atoms with E-state index in [4.69, 9.17) is 4.74 Å². The highest BCUT2D eigenvalue weighted by Crippen LogP contribution is 2.48. The van der Waals surface area contributed by atoms with Gasteiger partial charge < -0.3 is 10.1 Å². The molecular formula is C13H17F2NO. The monoisotopic (exact) mass is 241 g/mol. The van der Waals surface area contributed by atoms with Crippen LogP contribution in [0.25, 0.3) is 0 Å². The maximum absolute atomic E-state index is 13.7. The normalized spacial score (nSPS) is 17.1. The van der Waals surface area contributed by atoms with Gasteiger partial charge >= 0.3 is 0 Å². The third kappa shape index (κ3) is 2.82. The molecular weight excluding hydrogens is 224 g/mol. The topological polar surface area (TPSA) is 21.3 Å². The molecule has 94 valence electrons. The van der Waals surface area contributed by atoms with E-state index in [0.717, 1.165) is 32.0 Å². The summed E-state index contributed by atoms with van der Waals surface area (Å²) in [5, 5.41) is 3.24. The van der Waals surface area contributed by atoms with Gasteiger partial charge in [-0.25, -0.2) is 8.78 Å². The number of hydrogen-bond donors (Lipinski definition) is 1. The summed E-state index contributed by atoms with van der Waals surface area (Å²) in [6.45, 7) is 2.11. The van der Waals surface area contributed by atoms with Crippen LogP contribution < -0.4 is 5.32 Å². The molecule has 0 spiro atoms. The van der Waals surface area contributed by atoms with Crippen molar-refractivity contribution in [1.29, 1.82) is 0 Å². The summed E-state index contributed by atoms with van der Waals surface area (Å²) in [7, 11) is 1.65. The molecule has 0 aromatic heterocycles. The van der Waals surface area contributed by atoms with Crippen molar-refractivity contribution < 1.29 is 13.5 Å². The molecule has 0 saturated heterocycles. The Morgan fingerprint density at radius 3 is 2.71 bits per heavy atom. The molecule has 0 unspecified atom stereocenters. The van der Waals surface area contributed by atoms with Crippen molar-refractivity contribution in [3.8, 4) is 0 Å². The highest BCUT2D eigenvalue weighted by Gasteiger charge is 2.45. The molecule has 1 aliphatic rings. The predicted octanol–water partition coefficient (Wildman–Crippen LogP) is 2.23. The van der Waals surface area contributed by atoms with E-state index >= 15 is 0 Å². The molecule has 0 aliphatic heterocycles. The molecule has 0 atom stereocenters. The van der Waals surface area contributed by atoms with E-state index in [0.29, 0.717) is 12.2 Å². The molecule has 1 aliphatic carbocycles. The number of ether oxygens (including phenoxy) is 1. The van der Waals surface area contributed by atoms with E-state index in [-0.39, 0.29) is 5.41 Å². The van der Waals surface area contributed by atoms with Crippen molar-refractivity contribution >= 4 is 0 Å². The van der Waals surface area contributed by atoms with Gasteiger partial charge in [-0.15, -0.1) is 0 Å². The first kappa shape index (κ1) is 12.5. The van der Waals surface area contributed by atoms with Crippen LogP contribution in [-0.4, -0.2) is 26.8 Å². The fraction of sp³-hybridized carbons (Fsp3) is 0.538. The SMILES string of the molecule is COCCNCC1(c2ccc(F)cc2F)CC1. The van der Waals surface area contributed by atoms with E-state index in [1.54, 1.807) is 13.2 Å². The molecule has 2 rings (SSSR count). The lowest BCUT2D eigenvalue weighted by Crippen LogP contribution is -2.30. The molecule has 17 heavy (non-hydrogen) atoms. The smallest absolute Gasteiger partial charge is 0.129 e. The van der Waals surface area contributed by atoms with Gasteiger partial charge in [-0.1, -0.05) is 6.07 Å². The Morgan fingerprint density at radius 1 is 1.35 bits per heavy atom. The fourth-order valence-corrected chi connectivity index (χ4v) is 2.11. The molecule has 1 fully saturated rings. The second kappa shape index (κ2) is 5.10. The van der Waals surface area contributed by atoms with Gasteiger partial charge in [0, 0.05) is 31.7 Å². The van der Waals surface area contributed by atoms with Crippen LogP contribution >= 0.6 is 0 Å². The number of halogens is 2. The number of nitrogens with one attached hydrogen (secondary N) is 1. The average Bonchev–Trinajstić information content (AvgIpc) is 3.05. The van der Waals surface area contributed by atoms with E-state index in [9.17, 15) is 8.78 Å². The van der Waals surface area contributed by atoms with Gasteiger partial charge in [0.2, 0.25) is 0 Å². The van der Waals surface area contributed by atoms with Crippen LogP contribution in [0.4, 0.5) is 8.78 Å². The van der Waals surface area contributed by atoms with Crippen LogP contribution in [0, 0.1) is 11.6 Å². The van der Waals surface area contributed by atoms with Gasteiger partial charge in [-0.3, -0.25) is 0 Å². The van der Waals surface area contributed by atoms with Crippen molar-refractivity contribution in [1.82, 2.24) is 5.32 Å². The first-order valence-electron chi connectivity index (χ1n) is 5.83. The van der Waals surface area contributed by atoms with Crippen LogP contribution in [0.15, 0.2) is 18.2 Å². The number of benzene rings is 1. The summed E-state index contributed by atoms with van der Waals surface area (Å²) < 4.78 is 31.4. The van der Waals surface area contributed by atoms with Gasteiger partial charge in [-0.2, -0.15) is 0 Å². The summed E-state index contributed by atoms with van der Waals surface area (Å²) in [4.78, 5) is 0. The van der Waals surface area contributed by atoms with Gasteiger partial charge in [-0.05, 0) is 24.5 Å². The largest absolute Gasteiger partial charge is 0.383 e. The Morgan fingerprint density at radius 2 is 2.12 bits per heavy atom. The zero-order valence-electron chi connectivity index (χ0n) is 9.93. The molecule has 0 heterocycles. The van der Waals surface area contributed by atoms with Crippen LogP contribution in [0.1, 0.15) is 18.4 Å². The lowest BCUT2D eigenvalue weighted by molar-refractivity contribution is 0.198. The van der Waals surface area contributed by atoms with Crippen molar-refractivity contribution in [2.24, 2.45) is 0 Å². The number of methoxy groups -OCH3 is 1. The summed E-state index contributed by atoms with van der Waals surface area (Å²) in [5.74, 6) is -0.953. The summed E-state index contributed by atoms with van der Waals surface area (Å²) in [6.07, 6.45) is 1.91. The van der Waals surface area contributed by atoms with Crippen LogP contribution in [0.5, 0.6) is 0 Å². The van der Waals surface area contributed by atoms with Crippen LogP contribution in [-0.2, 0) is 10.2 Å². The van der Waals surface area contributed by atoms with Crippen molar-refractivity contribution in [2.75, 3.05) is 26.8 Å². The van der Waals surface area contributed by atoms with Crippen molar-refractivity contribution in [3.05, 3.63) is 35.4 Å². The third-order valence-electron chi connectivity index (χ3n) is 3.30. The van der Waals surface area contributed by atoms with Crippen molar-refractivity contribution in [2.45, 2.75) is 18.3 Å². The summed E-state index contributed by atoms with van der Waals surface area (Å²) in [5.41, 5.74) is 0.495. The minimum Gasteiger partial charge on any atom is -0.383 e. The Hall–Kier alpha value is -1.00. The molecule has 0 amide bonds. The second-order valence-electron chi connectivity index (χ2n) is 4.57. The molecule has 1 aromatic carbocycles. The lowest BCUT2D eigenvalue weighted by atomic mass is 9.95. The predicted molar refractivity (Wildman–Crippen MR) is 62.0 cm³/mol. The fourth-order valence-electron chi connectivity index (χ4n) is 2.11. The molecule has 0 bridgehead atoms. The highest BCUT2D eigenvalue weighted by atomic mass is 19.1. The first-order chi connectivity index (χ1) is 8.18. The molecule has 1 N–H and O–H groups in total. The van der Waals surface area contributed by atoms with E-state index in [2.05, 4.69) is 5.32 Å². The quantitative estimate of drug-likeness (QED) is 0.771. The molecule has 4 heteroatoms. The van der Waals surface area contributed by atoms with Crippen LogP contribution in [0.2, 0.25) is 0 Å². The molecule has 0 radical (unpaired) electrons. The zero-order chi connectivity index (χ0) is 12.3. The van der Waals surface area contributed by atoms with Gasteiger partial charge in [0.05, 0.1) is 6.61 Å². The number of hydrogen-bond acceptors (Lipinski definition) is 2. The van der Waals surface area contributed by atoms with Gasteiger partial charge in [0.1, 0.15) is 11.6 Å². The highest BCUT2D eigenvalue weighted by molar-refractivity contribution is 5.33. The van der Waals surface area contributed by atoms with Gasteiger partial charge in [0.15, 0.2) is 0 Å². The Balaban J connectivity index is 2.00. The maximum Gasteiger partial charge on any atom is 0.129 e. The summed E-state index contributed by atoms with van der Waals surface area (Å²) >= 11 is 0. The maximum atomic E-state index is 13.7. The Kier molecular flexibility index (Phi) is 3.74.